The molecular formula is C20H62Na2O14S. The fourth-order valence-electron chi connectivity index (χ4n) is 2.97. The number of unbranched alkanes of at least 4 members (excludes halogenated alkanes) is 17. The van der Waals surface area contributed by atoms with Gasteiger partial charge < -0.3 is 63.9 Å². The Balaban J connectivity index is -0.0000000238. The van der Waals surface area contributed by atoms with Gasteiger partial charge in [0.25, 0.3) is 0 Å². The molecule has 0 fully saturated rings. The molecule has 0 unspecified atom stereocenters. The van der Waals surface area contributed by atoms with E-state index < -0.39 is 10.4 Å². The van der Waals surface area contributed by atoms with Crippen molar-refractivity contribution in [3.8, 4) is 0 Å². The summed E-state index contributed by atoms with van der Waals surface area (Å²) in [5.74, 6) is 0. The maximum Gasteiger partial charge on any atom is 1.00 e. The van der Waals surface area contributed by atoms with Crippen LogP contribution in [0.2, 0.25) is 0 Å². The summed E-state index contributed by atoms with van der Waals surface area (Å²) in [5, 5.41) is 0. The summed E-state index contributed by atoms with van der Waals surface area (Å²) >= 11 is 0. The van der Waals surface area contributed by atoms with E-state index in [1.165, 1.54) is 116 Å². The zero-order chi connectivity index (χ0) is 19.2. The molecular weight excluding hydrogens is 542 g/mol. The molecule has 0 amide bonds. The Hall–Kier alpha value is 1.47. The summed E-state index contributed by atoms with van der Waals surface area (Å²) in [7, 11) is -5.17. The number of rotatable bonds is 17. The SMILES string of the molecule is CCCCCCCCCCCCCCCCCCCC.O.O.O.O.O.O.O.O.O.O.O=S(=O)([O-])[O-].[Na+].[Na+]. The average Bonchev–Trinajstić information content (AvgIpc) is 2.53. The van der Waals surface area contributed by atoms with Gasteiger partial charge in [0.15, 0.2) is 0 Å². The Labute approximate surface area is 269 Å². The van der Waals surface area contributed by atoms with E-state index in [0.29, 0.717) is 0 Å². The van der Waals surface area contributed by atoms with E-state index in [2.05, 4.69) is 13.8 Å². The zero-order valence-electron chi connectivity index (χ0n) is 23.8. The van der Waals surface area contributed by atoms with Gasteiger partial charge in [-0.15, -0.1) is 0 Å². The van der Waals surface area contributed by atoms with E-state index in [-0.39, 0.29) is 114 Å². The van der Waals surface area contributed by atoms with E-state index in [0.717, 1.165) is 0 Å². The zero-order valence-corrected chi connectivity index (χ0v) is 28.6. The monoisotopic (exact) mass is 604 g/mol. The van der Waals surface area contributed by atoms with Gasteiger partial charge in [0, 0.05) is 10.4 Å². The first kappa shape index (κ1) is 90.2. The smallest absolute Gasteiger partial charge is 0.759 e. The molecule has 234 valence electrons. The van der Waals surface area contributed by atoms with Gasteiger partial charge in [-0.25, -0.2) is 0 Å². The van der Waals surface area contributed by atoms with Gasteiger partial charge in [-0.05, 0) is 0 Å². The molecule has 0 rings (SSSR count). The van der Waals surface area contributed by atoms with E-state index in [1.807, 2.05) is 0 Å². The molecule has 37 heavy (non-hydrogen) atoms. The van der Waals surface area contributed by atoms with Crippen molar-refractivity contribution in [2.45, 2.75) is 129 Å². The van der Waals surface area contributed by atoms with Crippen molar-refractivity contribution in [2.24, 2.45) is 0 Å². The first-order valence-corrected chi connectivity index (χ1v) is 11.9. The Kier molecular flexibility index (Phi) is 187. The van der Waals surface area contributed by atoms with Gasteiger partial charge >= 0.3 is 59.1 Å². The molecule has 0 spiro atoms. The molecule has 0 heterocycles. The van der Waals surface area contributed by atoms with Crippen LogP contribution >= 0.6 is 0 Å². The summed E-state index contributed by atoms with van der Waals surface area (Å²) in [6.07, 6.45) is 26.4. The third-order valence-electron chi connectivity index (χ3n) is 4.46. The Bertz CT molecular complexity index is 332. The van der Waals surface area contributed by atoms with Crippen molar-refractivity contribution in [2.75, 3.05) is 0 Å². The predicted molar refractivity (Wildman–Crippen MR) is 141 cm³/mol. The second kappa shape index (κ2) is 76.8. The molecule has 0 aromatic carbocycles. The van der Waals surface area contributed by atoms with Crippen molar-refractivity contribution >= 4 is 10.4 Å². The molecule has 20 N–H and O–H groups in total. The second-order valence-electron chi connectivity index (χ2n) is 7.07. The third kappa shape index (κ3) is 138. The minimum Gasteiger partial charge on any atom is -0.759 e. The Morgan fingerprint density at radius 1 is 0.351 bits per heavy atom. The number of hydrogen-bond acceptors (Lipinski definition) is 4. The minimum absolute atomic E-state index is 0. The summed E-state index contributed by atoms with van der Waals surface area (Å²) in [5.41, 5.74) is 0. The van der Waals surface area contributed by atoms with Crippen LogP contribution in [0.25, 0.3) is 0 Å². The minimum atomic E-state index is -5.17. The summed E-state index contributed by atoms with van der Waals surface area (Å²) in [6.45, 7) is 4.59. The van der Waals surface area contributed by atoms with Gasteiger partial charge in [-0.3, -0.25) is 8.42 Å². The van der Waals surface area contributed by atoms with Crippen molar-refractivity contribution < 1.29 is 131 Å². The van der Waals surface area contributed by atoms with Gasteiger partial charge in [0.2, 0.25) is 0 Å². The summed E-state index contributed by atoms with van der Waals surface area (Å²) < 4.78 is 34.1. The van der Waals surface area contributed by atoms with Crippen LogP contribution in [0.15, 0.2) is 0 Å². The molecule has 0 aliphatic carbocycles. The summed E-state index contributed by atoms with van der Waals surface area (Å²) in [4.78, 5) is 0. The Morgan fingerprint density at radius 3 is 0.514 bits per heavy atom. The van der Waals surface area contributed by atoms with Gasteiger partial charge in [-0.2, -0.15) is 0 Å². The van der Waals surface area contributed by atoms with Crippen LogP contribution in [0.4, 0.5) is 0 Å². The van der Waals surface area contributed by atoms with Crippen molar-refractivity contribution in [1.82, 2.24) is 0 Å². The van der Waals surface area contributed by atoms with E-state index in [1.54, 1.807) is 0 Å². The third-order valence-corrected chi connectivity index (χ3v) is 4.46. The molecule has 14 nitrogen and oxygen atoms in total. The maximum absolute atomic E-state index is 8.52. The maximum atomic E-state index is 8.52. The van der Waals surface area contributed by atoms with Gasteiger partial charge in [0.1, 0.15) is 0 Å². The molecule has 0 aliphatic heterocycles. The topological polar surface area (TPSA) is 395 Å². The van der Waals surface area contributed by atoms with E-state index in [4.69, 9.17) is 17.5 Å². The molecule has 0 bridgehead atoms. The van der Waals surface area contributed by atoms with Crippen LogP contribution in [0, 0.1) is 0 Å². The molecule has 0 aromatic rings. The van der Waals surface area contributed by atoms with Crippen LogP contribution in [-0.4, -0.2) is 72.3 Å². The van der Waals surface area contributed by atoms with Crippen molar-refractivity contribution in [1.29, 1.82) is 0 Å². The molecule has 0 radical (unpaired) electrons. The molecule has 0 saturated carbocycles. The normalized spacial score (nSPS) is 7.57. The van der Waals surface area contributed by atoms with Crippen LogP contribution in [0.3, 0.4) is 0 Å². The van der Waals surface area contributed by atoms with Gasteiger partial charge in [0.05, 0.1) is 0 Å². The predicted octanol–water partition coefficient (Wildman–Crippen LogP) is -7.53. The largest absolute Gasteiger partial charge is 1.00 e. The molecule has 0 aromatic heterocycles. The second-order valence-corrected chi connectivity index (χ2v) is 7.88. The first-order chi connectivity index (χ1) is 11.9. The van der Waals surface area contributed by atoms with Crippen LogP contribution in [0.1, 0.15) is 129 Å². The Morgan fingerprint density at radius 2 is 0.432 bits per heavy atom. The van der Waals surface area contributed by atoms with Crippen molar-refractivity contribution in [3.63, 3.8) is 0 Å². The fraction of sp³-hybridized carbons (Fsp3) is 1.00. The van der Waals surface area contributed by atoms with Gasteiger partial charge in [-0.1, -0.05) is 129 Å². The first-order valence-electron chi connectivity index (χ1n) is 10.6. The van der Waals surface area contributed by atoms with Crippen molar-refractivity contribution in [3.05, 3.63) is 0 Å². The van der Waals surface area contributed by atoms with Crippen LogP contribution in [0.5, 0.6) is 0 Å². The average molecular weight is 605 g/mol. The molecule has 0 atom stereocenters. The number of hydrogen-bond donors (Lipinski definition) is 0. The fourth-order valence-corrected chi connectivity index (χ4v) is 2.97. The quantitative estimate of drug-likeness (QED) is 0.0675. The molecule has 0 aliphatic rings. The van der Waals surface area contributed by atoms with E-state index >= 15 is 0 Å². The van der Waals surface area contributed by atoms with Crippen LogP contribution in [-0.2, 0) is 10.4 Å². The molecule has 17 heteroatoms. The molecule has 0 saturated heterocycles. The van der Waals surface area contributed by atoms with Crippen LogP contribution < -0.4 is 59.1 Å². The van der Waals surface area contributed by atoms with E-state index in [9.17, 15) is 0 Å². The summed E-state index contributed by atoms with van der Waals surface area (Å²) in [6, 6.07) is 0. The standard InChI is InChI=1S/C20H42.2Na.H2O4S.10H2O/c1-3-5-7-9-11-13-15-17-19-20-18-16-14-12-10-8-6-4-2;;;1-5(2,3)4;;;;;;;;;;/h3-20H2,1-2H3;;;(H2,1,2,3,4);10*1H2/q;2*+1;;;;;;;;;;;/p-2.